The monoisotopic (exact) mass is 190 g/mol. The number of nitrogen functional groups attached to an aromatic ring is 2. The Hall–Kier alpha value is -2.10. The van der Waals surface area contributed by atoms with Gasteiger partial charge in [0.2, 0.25) is 0 Å². The largest absolute Gasteiger partial charge is 0.506 e. The van der Waals surface area contributed by atoms with Gasteiger partial charge in [-0.2, -0.15) is 0 Å². The molecule has 2 aromatic rings. The van der Waals surface area contributed by atoms with Gasteiger partial charge in [0.15, 0.2) is 0 Å². The van der Waals surface area contributed by atoms with E-state index in [-0.39, 0.29) is 22.9 Å². The summed E-state index contributed by atoms with van der Waals surface area (Å²) in [6.07, 6.45) is 0. The maximum absolute atomic E-state index is 9.37. The number of anilines is 2. The SMILES string of the molecule is Nc1c(O)ccc2ccc(O)c(N)c12. The summed E-state index contributed by atoms with van der Waals surface area (Å²) in [6, 6.07) is 6.37. The third-order valence-corrected chi connectivity index (χ3v) is 2.22. The molecule has 6 N–H and O–H groups in total. The minimum Gasteiger partial charge on any atom is -0.506 e. The van der Waals surface area contributed by atoms with Crippen molar-refractivity contribution < 1.29 is 10.2 Å². The van der Waals surface area contributed by atoms with Crippen LogP contribution in [0.15, 0.2) is 24.3 Å². The first-order valence-electron chi connectivity index (χ1n) is 4.10. The maximum Gasteiger partial charge on any atom is 0.139 e. The molecule has 0 unspecified atom stereocenters. The van der Waals surface area contributed by atoms with Crippen molar-refractivity contribution in [3.8, 4) is 11.5 Å². The lowest BCUT2D eigenvalue weighted by Gasteiger charge is -2.08. The van der Waals surface area contributed by atoms with Gasteiger partial charge >= 0.3 is 0 Å². The van der Waals surface area contributed by atoms with Crippen molar-refractivity contribution in [1.29, 1.82) is 0 Å². The molecule has 0 aromatic heterocycles. The summed E-state index contributed by atoms with van der Waals surface area (Å²) in [5.41, 5.74) is 11.7. The van der Waals surface area contributed by atoms with Crippen molar-refractivity contribution in [2.75, 3.05) is 11.5 Å². The number of fused-ring (bicyclic) bond motifs is 1. The number of rotatable bonds is 0. The smallest absolute Gasteiger partial charge is 0.139 e. The first-order chi connectivity index (χ1) is 6.61. The van der Waals surface area contributed by atoms with Gasteiger partial charge in [0, 0.05) is 5.39 Å². The molecular formula is C10H10N2O2. The fraction of sp³-hybridized carbons (Fsp3) is 0. The number of hydrogen-bond donors (Lipinski definition) is 4. The van der Waals surface area contributed by atoms with Crippen LogP contribution in [0.2, 0.25) is 0 Å². The molecule has 0 radical (unpaired) electrons. The number of aromatic hydroxyl groups is 2. The molecule has 72 valence electrons. The predicted molar refractivity (Wildman–Crippen MR) is 56.1 cm³/mol. The molecule has 0 fully saturated rings. The highest BCUT2D eigenvalue weighted by atomic mass is 16.3. The van der Waals surface area contributed by atoms with Gasteiger partial charge in [0.05, 0.1) is 11.4 Å². The Morgan fingerprint density at radius 1 is 0.786 bits per heavy atom. The van der Waals surface area contributed by atoms with E-state index in [1.807, 2.05) is 0 Å². The normalized spacial score (nSPS) is 10.6. The van der Waals surface area contributed by atoms with Crippen molar-refractivity contribution in [1.82, 2.24) is 0 Å². The zero-order chi connectivity index (χ0) is 10.3. The van der Waals surface area contributed by atoms with Crippen LogP contribution in [0.3, 0.4) is 0 Å². The van der Waals surface area contributed by atoms with Gasteiger partial charge in [-0.1, -0.05) is 12.1 Å². The Kier molecular flexibility index (Phi) is 1.64. The molecule has 0 bridgehead atoms. The average Bonchev–Trinajstić information content (AvgIpc) is 2.17. The number of phenols is 2. The van der Waals surface area contributed by atoms with Crippen LogP contribution in [0.25, 0.3) is 10.8 Å². The molecule has 0 saturated heterocycles. The van der Waals surface area contributed by atoms with Gasteiger partial charge in [0.25, 0.3) is 0 Å². The fourth-order valence-corrected chi connectivity index (χ4v) is 1.45. The number of phenolic OH excluding ortho intramolecular Hbond substituents is 2. The van der Waals surface area contributed by atoms with Gasteiger partial charge in [-0.3, -0.25) is 0 Å². The number of nitrogens with two attached hydrogens (primary N) is 2. The zero-order valence-electron chi connectivity index (χ0n) is 7.36. The Labute approximate surface area is 80.4 Å². The first-order valence-corrected chi connectivity index (χ1v) is 4.10. The van der Waals surface area contributed by atoms with Crippen LogP contribution in [0.1, 0.15) is 0 Å². The maximum atomic E-state index is 9.37. The standard InChI is InChI=1S/C10H10N2O2/c11-9-6(13)3-1-5-2-4-7(14)10(12)8(5)9/h1-4,13-14H,11-12H2. The molecule has 2 rings (SSSR count). The molecule has 0 atom stereocenters. The van der Waals surface area contributed by atoms with Crippen LogP contribution < -0.4 is 11.5 Å². The molecule has 14 heavy (non-hydrogen) atoms. The fourth-order valence-electron chi connectivity index (χ4n) is 1.45. The van der Waals surface area contributed by atoms with Gasteiger partial charge in [-0.05, 0) is 17.5 Å². The average molecular weight is 190 g/mol. The first kappa shape index (κ1) is 8.50. The summed E-state index contributed by atoms with van der Waals surface area (Å²) in [5.74, 6) is -0.0652. The lowest BCUT2D eigenvalue weighted by molar-refractivity contribution is 0.477. The third-order valence-electron chi connectivity index (χ3n) is 2.22. The summed E-state index contributed by atoms with van der Waals surface area (Å²) >= 11 is 0. The minimum absolute atomic E-state index is 0.0326. The van der Waals surface area contributed by atoms with Crippen LogP contribution in [0.4, 0.5) is 11.4 Å². The van der Waals surface area contributed by atoms with E-state index in [0.717, 1.165) is 5.39 Å². The van der Waals surface area contributed by atoms with Crippen LogP contribution >= 0.6 is 0 Å². The molecule has 4 nitrogen and oxygen atoms in total. The Balaban J connectivity index is 2.98. The van der Waals surface area contributed by atoms with Crippen molar-refractivity contribution in [2.24, 2.45) is 0 Å². The molecule has 0 saturated carbocycles. The van der Waals surface area contributed by atoms with Gasteiger partial charge < -0.3 is 21.7 Å². The molecule has 4 heteroatoms. The Morgan fingerprint density at radius 3 is 1.64 bits per heavy atom. The third kappa shape index (κ3) is 1.01. The second-order valence-corrected chi connectivity index (χ2v) is 3.09. The number of benzene rings is 2. The summed E-state index contributed by atoms with van der Waals surface area (Å²) in [6.45, 7) is 0. The molecule has 0 heterocycles. The van der Waals surface area contributed by atoms with Crippen molar-refractivity contribution in [3.05, 3.63) is 24.3 Å². The molecule has 2 aromatic carbocycles. The molecular weight excluding hydrogens is 180 g/mol. The van der Waals surface area contributed by atoms with Crippen LogP contribution in [0, 0.1) is 0 Å². The second-order valence-electron chi connectivity index (χ2n) is 3.09. The van der Waals surface area contributed by atoms with Crippen LogP contribution in [0.5, 0.6) is 11.5 Å². The van der Waals surface area contributed by atoms with E-state index in [0.29, 0.717) is 5.39 Å². The molecule has 0 aliphatic carbocycles. The van der Waals surface area contributed by atoms with Crippen molar-refractivity contribution in [3.63, 3.8) is 0 Å². The Bertz CT molecular complexity index is 466. The van der Waals surface area contributed by atoms with E-state index in [1.54, 1.807) is 12.1 Å². The topological polar surface area (TPSA) is 92.5 Å². The van der Waals surface area contributed by atoms with Gasteiger partial charge in [-0.15, -0.1) is 0 Å². The quantitative estimate of drug-likeness (QED) is 0.373. The lowest BCUT2D eigenvalue weighted by Crippen LogP contribution is -1.93. The summed E-state index contributed by atoms with van der Waals surface area (Å²) in [5, 5.41) is 20.0. The summed E-state index contributed by atoms with van der Waals surface area (Å²) in [4.78, 5) is 0. The highest BCUT2D eigenvalue weighted by Gasteiger charge is 2.08. The highest BCUT2D eigenvalue weighted by molar-refractivity contribution is 6.05. The van der Waals surface area contributed by atoms with E-state index >= 15 is 0 Å². The van der Waals surface area contributed by atoms with E-state index in [9.17, 15) is 10.2 Å². The van der Waals surface area contributed by atoms with Crippen molar-refractivity contribution in [2.45, 2.75) is 0 Å². The van der Waals surface area contributed by atoms with E-state index < -0.39 is 0 Å². The predicted octanol–water partition coefficient (Wildman–Crippen LogP) is 1.42. The lowest BCUT2D eigenvalue weighted by atomic mass is 10.1. The Morgan fingerprint density at radius 2 is 1.21 bits per heavy atom. The molecule has 0 spiro atoms. The second kappa shape index (κ2) is 2.70. The van der Waals surface area contributed by atoms with E-state index in [2.05, 4.69) is 0 Å². The van der Waals surface area contributed by atoms with E-state index in [4.69, 9.17) is 11.5 Å². The number of hydrogen-bond acceptors (Lipinski definition) is 4. The van der Waals surface area contributed by atoms with E-state index in [1.165, 1.54) is 12.1 Å². The van der Waals surface area contributed by atoms with Crippen LogP contribution in [-0.4, -0.2) is 10.2 Å². The summed E-state index contributed by atoms with van der Waals surface area (Å²) in [7, 11) is 0. The summed E-state index contributed by atoms with van der Waals surface area (Å²) < 4.78 is 0. The molecule has 0 aliphatic heterocycles. The van der Waals surface area contributed by atoms with Crippen LogP contribution in [-0.2, 0) is 0 Å². The zero-order valence-corrected chi connectivity index (χ0v) is 7.36. The molecule has 0 aliphatic rings. The highest BCUT2D eigenvalue weighted by Crippen LogP contribution is 2.37. The minimum atomic E-state index is -0.0326. The van der Waals surface area contributed by atoms with Gasteiger partial charge in [-0.25, -0.2) is 0 Å². The van der Waals surface area contributed by atoms with Crippen molar-refractivity contribution >= 4 is 22.1 Å². The van der Waals surface area contributed by atoms with Gasteiger partial charge in [0.1, 0.15) is 11.5 Å². The molecule has 0 amide bonds.